The maximum absolute atomic E-state index is 11.0. The average Bonchev–Trinajstić information content (AvgIpc) is 2.66. The third-order valence-corrected chi connectivity index (χ3v) is 4.22. The quantitative estimate of drug-likeness (QED) is 0.334. The van der Waals surface area contributed by atoms with E-state index in [9.17, 15) is 9.59 Å². The Kier molecular flexibility index (Phi) is 6.60. The van der Waals surface area contributed by atoms with Gasteiger partial charge in [-0.05, 0) is 35.9 Å². The fourth-order valence-corrected chi connectivity index (χ4v) is 2.63. The van der Waals surface area contributed by atoms with Crippen LogP contribution in [0.25, 0.3) is 6.08 Å². The van der Waals surface area contributed by atoms with Gasteiger partial charge in [0.2, 0.25) is 0 Å². The number of hydrogen-bond acceptors (Lipinski definition) is 5. The molecular weight excluding hydrogens is 344 g/mol. The maximum atomic E-state index is 11.0. The Morgan fingerprint density at radius 3 is 2.22 bits per heavy atom. The molecule has 0 atom stereocenters. The molecule has 0 saturated heterocycles. The third-order valence-electron chi connectivity index (χ3n) is 4.22. The molecule has 0 amide bonds. The summed E-state index contributed by atoms with van der Waals surface area (Å²) in [5.41, 5.74) is 3.44. The molecule has 2 aromatic rings. The maximum Gasteiger partial charge on any atom is 0.339 e. The molecule has 0 bridgehead atoms. The number of methoxy groups -OCH3 is 1. The Balaban J connectivity index is 2.23. The van der Waals surface area contributed by atoms with E-state index >= 15 is 0 Å². The van der Waals surface area contributed by atoms with Gasteiger partial charge < -0.3 is 19.6 Å². The first-order chi connectivity index (χ1) is 12.8. The third kappa shape index (κ3) is 5.10. The minimum absolute atomic E-state index is 0.319. The molecule has 1 N–H and O–H groups in total. The van der Waals surface area contributed by atoms with E-state index in [4.69, 9.17) is 9.84 Å². The Morgan fingerprint density at radius 2 is 1.70 bits per heavy atom. The first-order valence-corrected chi connectivity index (χ1v) is 8.41. The number of hydrogen-bond donors (Lipinski definition) is 1. The fourth-order valence-electron chi connectivity index (χ4n) is 2.63. The van der Waals surface area contributed by atoms with Crippen molar-refractivity contribution < 1.29 is 19.4 Å². The summed E-state index contributed by atoms with van der Waals surface area (Å²) in [7, 11) is 7.49. The first-order valence-electron chi connectivity index (χ1n) is 8.41. The lowest BCUT2D eigenvalue weighted by Gasteiger charge is -2.21. The number of aldehydes is 1. The van der Waals surface area contributed by atoms with E-state index in [1.165, 1.54) is 18.7 Å². The molecule has 0 aliphatic rings. The molecule has 0 aromatic heterocycles. The number of benzene rings is 2. The van der Waals surface area contributed by atoms with E-state index in [0.717, 1.165) is 11.4 Å². The van der Waals surface area contributed by atoms with Crippen LogP contribution in [0.5, 0.6) is 5.75 Å². The van der Waals surface area contributed by atoms with E-state index in [1.54, 1.807) is 6.07 Å². The fraction of sp³-hybridized carbons (Fsp3) is 0.238. The van der Waals surface area contributed by atoms with Crippen LogP contribution in [0.4, 0.5) is 11.4 Å². The highest BCUT2D eigenvalue weighted by atomic mass is 16.5. The SMILES string of the molecule is COc1cc(N(C)Cc2ccc(N(C)C)cc2)ccc1/C=C(\C=O)C(=O)O. The summed E-state index contributed by atoms with van der Waals surface area (Å²) in [6.45, 7) is 0.709. The second kappa shape index (κ2) is 8.89. The highest BCUT2D eigenvalue weighted by molar-refractivity contribution is 6.11. The molecule has 0 radical (unpaired) electrons. The normalized spacial score (nSPS) is 11.0. The van der Waals surface area contributed by atoms with Gasteiger partial charge in [-0.1, -0.05) is 12.1 Å². The molecule has 2 aromatic carbocycles. The van der Waals surface area contributed by atoms with Crippen LogP contribution in [-0.2, 0) is 16.1 Å². The Bertz CT molecular complexity index is 842. The Morgan fingerprint density at radius 1 is 1.07 bits per heavy atom. The van der Waals surface area contributed by atoms with Crippen LogP contribution >= 0.6 is 0 Å². The number of carboxylic acids is 1. The lowest BCUT2D eigenvalue weighted by Crippen LogP contribution is -2.16. The van der Waals surface area contributed by atoms with Crippen molar-refractivity contribution in [2.24, 2.45) is 0 Å². The zero-order valence-electron chi connectivity index (χ0n) is 16.0. The van der Waals surface area contributed by atoms with E-state index in [-0.39, 0.29) is 5.57 Å². The van der Waals surface area contributed by atoms with Crippen molar-refractivity contribution in [2.75, 3.05) is 38.1 Å². The Labute approximate surface area is 159 Å². The number of aliphatic carboxylic acids is 1. The number of rotatable bonds is 8. The molecule has 142 valence electrons. The van der Waals surface area contributed by atoms with Gasteiger partial charge in [0.15, 0.2) is 6.29 Å². The van der Waals surface area contributed by atoms with Gasteiger partial charge in [-0.3, -0.25) is 4.79 Å². The van der Waals surface area contributed by atoms with Crippen LogP contribution in [0, 0.1) is 0 Å². The zero-order valence-corrected chi connectivity index (χ0v) is 16.0. The minimum Gasteiger partial charge on any atom is -0.496 e. The van der Waals surface area contributed by atoms with Gasteiger partial charge in [0.05, 0.1) is 12.7 Å². The topological polar surface area (TPSA) is 70.1 Å². The number of carboxylic acid groups (broad SMARTS) is 1. The van der Waals surface area contributed by atoms with Crippen molar-refractivity contribution in [1.29, 1.82) is 0 Å². The van der Waals surface area contributed by atoms with Crippen LogP contribution < -0.4 is 14.5 Å². The van der Waals surface area contributed by atoms with Gasteiger partial charge in [0.25, 0.3) is 0 Å². The monoisotopic (exact) mass is 368 g/mol. The van der Waals surface area contributed by atoms with Crippen LogP contribution in [0.15, 0.2) is 48.0 Å². The summed E-state index contributed by atoms with van der Waals surface area (Å²) in [5.74, 6) is -0.766. The van der Waals surface area contributed by atoms with E-state index in [1.807, 2.05) is 33.3 Å². The van der Waals surface area contributed by atoms with Crippen molar-refractivity contribution in [3.63, 3.8) is 0 Å². The van der Waals surface area contributed by atoms with Gasteiger partial charge in [-0.2, -0.15) is 0 Å². The highest BCUT2D eigenvalue weighted by Gasteiger charge is 2.11. The summed E-state index contributed by atoms with van der Waals surface area (Å²) in [6.07, 6.45) is 1.62. The Hall–Kier alpha value is -3.28. The summed E-state index contributed by atoms with van der Waals surface area (Å²) < 4.78 is 5.37. The van der Waals surface area contributed by atoms with E-state index < -0.39 is 5.97 Å². The standard InChI is InChI=1S/C21H24N2O4/c1-22(2)18-8-5-15(6-9-18)13-23(3)19-10-7-16(20(12-19)27-4)11-17(14-24)21(25)26/h5-12,14H,13H2,1-4H3,(H,25,26)/b17-11+. The van der Waals surface area contributed by atoms with Crippen LogP contribution in [-0.4, -0.2) is 45.6 Å². The molecule has 0 saturated carbocycles. The predicted octanol–water partition coefficient (Wildman–Crippen LogP) is 3.06. The van der Waals surface area contributed by atoms with Crippen molar-refractivity contribution in [3.8, 4) is 5.75 Å². The molecule has 0 aliphatic heterocycles. The molecule has 0 unspecified atom stereocenters. The summed E-state index contributed by atoms with van der Waals surface area (Å²) >= 11 is 0. The first kappa shape index (κ1) is 20.0. The van der Waals surface area contributed by atoms with Crippen molar-refractivity contribution in [3.05, 3.63) is 59.2 Å². The van der Waals surface area contributed by atoms with Crippen molar-refractivity contribution in [1.82, 2.24) is 0 Å². The lowest BCUT2D eigenvalue weighted by atomic mass is 10.1. The molecule has 27 heavy (non-hydrogen) atoms. The molecule has 0 aliphatic carbocycles. The average molecular weight is 368 g/mol. The number of carbonyl (C=O) groups excluding carboxylic acids is 1. The lowest BCUT2D eigenvalue weighted by molar-refractivity contribution is -0.133. The van der Waals surface area contributed by atoms with Gasteiger partial charge in [0, 0.05) is 50.7 Å². The molecular formula is C21H24N2O4. The summed E-state index contributed by atoms with van der Waals surface area (Å²) in [5, 5.41) is 9.01. The largest absolute Gasteiger partial charge is 0.496 e. The second-order valence-corrected chi connectivity index (χ2v) is 6.37. The van der Waals surface area contributed by atoms with E-state index in [0.29, 0.717) is 24.1 Å². The molecule has 6 nitrogen and oxygen atoms in total. The van der Waals surface area contributed by atoms with Gasteiger partial charge >= 0.3 is 5.97 Å². The number of nitrogens with zero attached hydrogens (tertiary/aromatic N) is 2. The van der Waals surface area contributed by atoms with Crippen molar-refractivity contribution >= 4 is 29.7 Å². The zero-order chi connectivity index (χ0) is 20.0. The van der Waals surface area contributed by atoms with Crippen LogP contribution in [0.2, 0.25) is 0 Å². The molecule has 0 fully saturated rings. The second-order valence-electron chi connectivity index (χ2n) is 6.37. The molecule has 2 rings (SSSR count). The summed E-state index contributed by atoms with van der Waals surface area (Å²) in [6, 6.07) is 13.8. The van der Waals surface area contributed by atoms with Crippen molar-refractivity contribution in [2.45, 2.75) is 6.54 Å². The highest BCUT2D eigenvalue weighted by Crippen LogP contribution is 2.28. The molecule has 6 heteroatoms. The molecule has 0 heterocycles. The van der Waals surface area contributed by atoms with Gasteiger partial charge in [0.1, 0.15) is 5.75 Å². The summed E-state index contributed by atoms with van der Waals surface area (Å²) in [4.78, 5) is 26.0. The van der Waals surface area contributed by atoms with E-state index in [2.05, 4.69) is 34.1 Å². The van der Waals surface area contributed by atoms with Crippen LogP contribution in [0.1, 0.15) is 11.1 Å². The van der Waals surface area contributed by atoms with Gasteiger partial charge in [-0.25, -0.2) is 4.79 Å². The number of carbonyl (C=O) groups is 2. The molecule has 0 spiro atoms. The predicted molar refractivity (Wildman–Crippen MR) is 108 cm³/mol. The number of ether oxygens (including phenoxy) is 1. The number of anilines is 2. The van der Waals surface area contributed by atoms with Crippen LogP contribution in [0.3, 0.4) is 0 Å². The minimum atomic E-state index is -1.27. The van der Waals surface area contributed by atoms with Gasteiger partial charge in [-0.15, -0.1) is 0 Å². The smallest absolute Gasteiger partial charge is 0.339 e.